The van der Waals surface area contributed by atoms with Gasteiger partial charge in [-0.1, -0.05) is 18.2 Å². The lowest BCUT2D eigenvalue weighted by molar-refractivity contribution is -0.271. The number of rotatable bonds is 6. The van der Waals surface area contributed by atoms with Gasteiger partial charge in [-0.05, 0) is 12.1 Å². The first-order valence-electron chi connectivity index (χ1n) is 8.33. The second kappa shape index (κ2) is 7.47. The van der Waals surface area contributed by atoms with Gasteiger partial charge in [0, 0.05) is 37.7 Å². The Morgan fingerprint density at radius 2 is 1.96 bits per heavy atom. The first kappa shape index (κ1) is 19.6. The van der Waals surface area contributed by atoms with E-state index in [9.17, 15) is 23.1 Å². The van der Waals surface area contributed by atoms with Gasteiger partial charge < -0.3 is 15.0 Å². The average Bonchev–Trinajstić information content (AvgIpc) is 3.29. The SMILES string of the molecule is Cn1ccnc1C(O)(CC(=O)NCc1cnn(-c2ccccc2)c1)C(F)(F)F. The molecule has 28 heavy (non-hydrogen) atoms. The summed E-state index contributed by atoms with van der Waals surface area (Å²) in [6, 6.07) is 9.22. The van der Waals surface area contributed by atoms with E-state index in [2.05, 4.69) is 15.4 Å². The van der Waals surface area contributed by atoms with E-state index in [-0.39, 0.29) is 6.54 Å². The van der Waals surface area contributed by atoms with Gasteiger partial charge in [-0.3, -0.25) is 4.79 Å². The Labute approximate surface area is 158 Å². The fourth-order valence-electron chi connectivity index (χ4n) is 2.74. The highest BCUT2D eigenvalue weighted by molar-refractivity contribution is 5.77. The van der Waals surface area contributed by atoms with Crippen LogP contribution in [0.3, 0.4) is 0 Å². The third-order valence-corrected chi connectivity index (χ3v) is 4.22. The molecule has 0 bridgehead atoms. The summed E-state index contributed by atoms with van der Waals surface area (Å²) < 4.78 is 43.0. The summed E-state index contributed by atoms with van der Waals surface area (Å²) in [4.78, 5) is 15.7. The summed E-state index contributed by atoms with van der Waals surface area (Å²) in [5.74, 6) is -1.61. The number of para-hydroxylation sites is 1. The molecule has 0 saturated heterocycles. The van der Waals surface area contributed by atoms with Crippen LogP contribution in [0.5, 0.6) is 0 Å². The number of alkyl halides is 3. The molecule has 1 unspecified atom stereocenters. The molecule has 148 valence electrons. The molecule has 1 aromatic carbocycles. The summed E-state index contributed by atoms with van der Waals surface area (Å²) >= 11 is 0. The monoisotopic (exact) mass is 393 g/mol. The standard InChI is InChI=1S/C18H18F3N5O2/c1-25-8-7-22-16(25)17(28,18(19,20)21)9-15(27)23-10-13-11-24-26(12-13)14-5-3-2-4-6-14/h2-8,11-12,28H,9-10H2,1H3,(H,23,27). The van der Waals surface area contributed by atoms with Gasteiger partial charge in [0.1, 0.15) is 0 Å². The average molecular weight is 393 g/mol. The molecule has 2 heterocycles. The van der Waals surface area contributed by atoms with E-state index in [1.54, 1.807) is 10.9 Å². The molecular formula is C18H18F3N5O2. The maximum atomic E-state index is 13.5. The van der Waals surface area contributed by atoms with Crippen LogP contribution < -0.4 is 5.32 Å². The predicted molar refractivity (Wildman–Crippen MR) is 93.2 cm³/mol. The Morgan fingerprint density at radius 1 is 1.25 bits per heavy atom. The molecule has 3 aromatic rings. The molecule has 2 aromatic heterocycles. The third-order valence-electron chi connectivity index (χ3n) is 4.22. The van der Waals surface area contributed by atoms with Crippen molar-refractivity contribution in [3.05, 3.63) is 66.5 Å². The predicted octanol–water partition coefficient (Wildman–Crippen LogP) is 2.06. The summed E-state index contributed by atoms with van der Waals surface area (Å²) in [6.45, 7) is -0.0276. The molecule has 7 nitrogen and oxygen atoms in total. The summed E-state index contributed by atoms with van der Waals surface area (Å²) in [6.07, 6.45) is -0.716. The van der Waals surface area contributed by atoms with Crippen LogP contribution in [0.4, 0.5) is 13.2 Å². The largest absolute Gasteiger partial charge is 0.425 e. The number of aryl methyl sites for hydroxylation is 1. The normalized spacial score (nSPS) is 13.9. The zero-order valence-corrected chi connectivity index (χ0v) is 14.9. The molecule has 0 radical (unpaired) electrons. The number of imidazole rings is 1. The summed E-state index contributed by atoms with van der Waals surface area (Å²) in [5, 5.41) is 16.8. The van der Waals surface area contributed by atoms with Gasteiger partial charge in [0.05, 0.1) is 18.3 Å². The Morgan fingerprint density at radius 3 is 2.57 bits per heavy atom. The molecule has 2 N–H and O–H groups in total. The number of nitrogens with one attached hydrogen (secondary N) is 1. The van der Waals surface area contributed by atoms with Gasteiger partial charge in [0.2, 0.25) is 11.5 Å². The molecule has 0 aliphatic carbocycles. The van der Waals surface area contributed by atoms with Crippen molar-refractivity contribution >= 4 is 5.91 Å². The molecule has 0 saturated carbocycles. The van der Waals surface area contributed by atoms with Gasteiger partial charge >= 0.3 is 6.18 Å². The number of carbonyl (C=O) groups is 1. The lowest BCUT2D eigenvalue weighted by Crippen LogP contribution is -2.47. The minimum Gasteiger partial charge on any atom is -0.374 e. The highest BCUT2D eigenvalue weighted by Gasteiger charge is 2.58. The van der Waals surface area contributed by atoms with Gasteiger partial charge in [-0.25, -0.2) is 9.67 Å². The van der Waals surface area contributed by atoms with Crippen molar-refractivity contribution in [1.29, 1.82) is 0 Å². The lowest BCUT2D eigenvalue weighted by atomic mass is 9.97. The molecule has 1 atom stereocenters. The van der Waals surface area contributed by atoms with Crippen LogP contribution in [0.1, 0.15) is 17.8 Å². The van der Waals surface area contributed by atoms with Crippen LogP contribution in [0.15, 0.2) is 55.1 Å². The van der Waals surface area contributed by atoms with Crippen molar-refractivity contribution in [2.75, 3.05) is 0 Å². The van der Waals surface area contributed by atoms with Crippen LogP contribution in [0, 0.1) is 0 Å². The Balaban J connectivity index is 1.68. The van der Waals surface area contributed by atoms with Crippen molar-refractivity contribution in [3.63, 3.8) is 0 Å². The Bertz CT molecular complexity index is 952. The lowest BCUT2D eigenvalue weighted by Gasteiger charge is -2.29. The topological polar surface area (TPSA) is 85.0 Å². The number of aliphatic hydroxyl groups is 1. The maximum Gasteiger partial charge on any atom is 0.425 e. The molecular weight excluding hydrogens is 375 g/mol. The number of aromatic nitrogens is 4. The van der Waals surface area contributed by atoms with Crippen molar-refractivity contribution in [3.8, 4) is 5.69 Å². The molecule has 0 aliphatic rings. The van der Waals surface area contributed by atoms with Crippen LogP contribution >= 0.6 is 0 Å². The maximum absolute atomic E-state index is 13.5. The van der Waals surface area contributed by atoms with E-state index in [1.807, 2.05) is 30.3 Å². The minimum absolute atomic E-state index is 0.0276. The van der Waals surface area contributed by atoms with Gasteiger partial charge in [-0.15, -0.1) is 0 Å². The van der Waals surface area contributed by atoms with Crippen molar-refractivity contribution in [1.82, 2.24) is 24.6 Å². The zero-order chi connectivity index (χ0) is 20.4. The first-order chi connectivity index (χ1) is 13.2. The van der Waals surface area contributed by atoms with Crippen LogP contribution in [0.25, 0.3) is 5.69 Å². The highest BCUT2D eigenvalue weighted by Crippen LogP contribution is 2.40. The summed E-state index contributed by atoms with van der Waals surface area (Å²) in [7, 11) is 1.31. The van der Waals surface area contributed by atoms with Crippen LogP contribution in [0.2, 0.25) is 0 Å². The van der Waals surface area contributed by atoms with E-state index in [1.165, 1.54) is 19.4 Å². The quantitative estimate of drug-likeness (QED) is 0.672. The van der Waals surface area contributed by atoms with Gasteiger partial charge in [-0.2, -0.15) is 18.3 Å². The van der Waals surface area contributed by atoms with Gasteiger partial charge in [0.15, 0.2) is 5.82 Å². The number of carbonyl (C=O) groups excluding carboxylic acids is 1. The number of halogens is 3. The number of hydrogen-bond acceptors (Lipinski definition) is 4. The molecule has 1 amide bonds. The van der Waals surface area contributed by atoms with Crippen molar-refractivity contribution in [2.45, 2.75) is 24.7 Å². The minimum atomic E-state index is -5.07. The van der Waals surface area contributed by atoms with Crippen molar-refractivity contribution in [2.24, 2.45) is 7.05 Å². The summed E-state index contributed by atoms with van der Waals surface area (Å²) in [5.41, 5.74) is -1.98. The Hall–Kier alpha value is -3.14. The number of benzene rings is 1. The zero-order valence-electron chi connectivity index (χ0n) is 14.9. The second-order valence-corrected chi connectivity index (χ2v) is 6.30. The van der Waals surface area contributed by atoms with E-state index >= 15 is 0 Å². The number of hydrogen-bond donors (Lipinski definition) is 2. The number of nitrogens with zero attached hydrogens (tertiary/aromatic N) is 4. The first-order valence-corrected chi connectivity index (χ1v) is 8.33. The van der Waals surface area contributed by atoms with Gasteiger partial charge in [0.25, 0.3) is 0 Å². The fraction of sp³-hybridized carbons (Fsp3) is 0.278. The van der Waals surface area contributed by atoms with E-state index < -0.39 is 29.9 Å². The molecule has 0 fully saturated rings. The Kier molecular flexibility index (Phi) is 5.23. The van der Waals surface area contributed by atoms with Crippen LogP contribution in [-0.4, -0.2) is 36.5 Å². The smallest absolute Gasteiger partial charge is 0.374 e. The molecule has 0 spiro atoms. The number of amides is 1. The highest BCUT2D eigenvalue weighted by atomic mass is 19.4. The van der Waals surface area contributed by atoms with E-state index in [4.69, 9.17) is 0 Å². The van der Waals surface area contributed by atoms with Crippen molar-refractivity contribution < 1.29 is 23.1 Å². The molecule has 10 heteroatoms. The molecule has 3 rings (SSSR count). The molecule has 0 aliphatic heterocycles. The second-order valence-electron chi connectivity index (χ2n) is 6.30. The van der Waals surface area contributed by atoms with E-state index in [0.29, 0.717) is 5.56 Å². The third kappa shape index (κ3) is 3.91. The van der Waals surface area contributed by atoms with Crippen LogP contribution in [-0.2, 0) is 24.0 Å². The van der Waals surface area contributed by atoms with E-state index in [0.717, 1.165) is 16.5 Å². The fourth-order valence-corrected chi connectivity index (χ4v) is 2.74.